The van der Waals surface area contributed by atoms with Crippen molar-refractivity contribution in [3.63, 3.8) is 0 Å². The third-order valence-electron chi connectivity index (χ3n) is 2.87. The molecule has 0 saturated heterocycles. The quantitative estimate of drug-likeness (QED) is 0.844. The van der Waals surface area contributed by atoms with Crippen LogP contribution in [0.1, 0.15) is 18.7 Å². The highest BCUT2D eigenvalue weighted by Gasteiger charge is 2.24. The number of thiophene rings is 1. The van der Waals surface area contributed by atoms with E-state index in [-0.39, 0.29) is 4.90 Å². The van der Waals surface area contributed by atoms with E-state index in [1.54, 1.807) is 0 Å². The van der Waals surface area contributed by atoms with Gasteiger partial charge in [0.15, 0.2) is 0 Å². The molecule has 0 aromatic carbocycles. The number of hydrogen-bond acceptors (Lipinski definition) is 6. The Morgan fingerprint density at radius 2 is 2.00 bits per heavy atom. The fourth-order valence-electron chi connectivity index (χ4n) is 1.79. The molecule has 2 aromatic heterocycles. The largest absolute Gasteiger partial charge is 0.355 e. The predicted molar refractivity (Wildman–Crippen MR) is 83.8 cm³/mol. The molecule has 2 aromatic rings. The molecule has 0 aliphatic rings. The number of hydrogen-bond donors (Lipinski definition) is 1. The third-order valence-corrected chi connectivity index (χ3v) is 5.60. The summed E-state index contributed by atoms with van der Waals surface area (Å²) in [4.78, 5) is 9.16. The molecule has 114 valence electrons. The second kappa shape index (κ2) is 6.97. The van der Waals surface area contributed by atoms with Crippen LogP contribution in [-0.2, 0) is 16.6 Å². The maximum atomic E-state index is 12.6. The lowest BCUT2D eigenvalue weighted by Gasteiger charge is -2.19. The summed E-state index contributed by atoms with van der Waals surface area (Å²) in [6, 6.07) is 3.84. The highest BCUT2D eigenvalue weighted by atomic mass is 32.2. The zero-order valence-corrected chi connectivity index (χ0v) is 13.6. The van der Waals surface area contributed by atoms with Crippen LogP contribution < -0.4 is 5.32 Å². The fourth-order valence-corrected chi connectivity index (χ4v) is 3.91. The zero-order valence-electron chi connectivity index (χ0n) is 12.0. The van der Waals surface area contributed by atoms with Crippen molar-refractivity contribution in [1.29, 1.82) is 0 Å². The Morgan fingerprint density at radius 1 is 1.29 bits per heavy atom. The summed E-state index contributed by atoms with van der Waals surface area (Å²) in [5, 5.41) is 4.87. The average Bonchev–Trinajstić information content (AvgIpc) is 2.98. The molecule has 0 amide bonds. The van der Waals surface area contributed by atoms with Crippen LogP contribution in [0.25, 0.3) is 0 Å². The van der Waals surface area contributed by atoms with Crippen LogP contribution in [0.4, 0.5) is 5.95 Å². The van der Waals surface area contributed by atoms with Crippen LogP contribution in [0.2, 0.25) is 0 Å². The standard InChI is InChI=1S/C13H18N4O2S2/c1-3-14-13-15-8-12(9-16-13)21(18,19)17(4-2)10-11-6-5-7-20-11/h5-9H,3-4,10H2,1-2H3,(H,14,15,16). The van der Waals surface area contributed by atoms with E-state index < -0.39 is 10.0 Å². The molecule has 21 heavy (non-hydrogen) atoms. The lowest BCUT2D eigenvalue weighted by molar-refractivity contribution is 0.426. The maximum absolute atomic E-state index is 12.6. The Labute approximate surface area is 128 Å². The number of anilines is 1. The van der Waals surface area contributed by atoms with Crippen molar-refractivity contribution in [2.24, 2.45) is 0 Å². The van der Waals surface area contributed by atoms with Gasteiger partial charge in [-0.15, -0.1) is 11.3 Å². The fraction of sp³-hybridized carbons (Fsp3) is 0.385. The van der Waals surface area contributed by atoms with Crippen LogP contribution in [0.5, 0.6) is 0 Å². The van der Waals surface area contributed by atoms with Gasteiger partial charge in [-0.3, -0.25) is 0 Å². The van der Waals surface area contributed by atoms with E-state index in [4.69, 9.17) is 0 Å². The van der Waals surface area contributed by atoms with E-state index in [0.717, 1.165) is 4.88 Å². The van der Waals surface area contributed by atoms with Crippen molar-refractivity contribution in [2.45, 2.75) is 25.3 Å². The van der Waals surface area contributed by atoms with Crippen molar-refractivity contribution < 1.29 is 8.42 Å². The number of rotatable bonds is 7. The van der Waals surface area contributed by atoms with Gasteiger partial charge in [0.2, 0.25) is 16.0 Å². The summed E-state index contributed by atoms with van der Waals surface area (Å²) in [6.07, 6.45) is 2.69. The summed E-state index contributed by atoms with van der Waals surface area (Å²) >= 11 is 1.54. The van der Waals surface area contributed by atoms with E-state index in [0.29, 0.717) is 25.6 Å². The summed E-state index contributed by atoms with van der Waals surface area (Å²) < 4.78 is 26.6. The SMILES string of the molecule is CCNc1ncc(S(=O)(=O)N(CC)Cc2cccs2)cn1. The monoisotopic (exact) mass is 326 g/mol. The van der Waals surface area contributed by atoms with Crippen LogP contribution in [-0.4, -0.2) is 35.8 Å². The molecule has 0 spiro atoms. The molecule has 2 rings (SSSR count). The zero-order chi connectivity index (χ0) is 15.3. The Kier molecular flexibility index (Phi) is 5.27. The van der Waals surface area contributed by atoms with Gasteiger partial charge in [-0.1, -0.05) is 13.0 Å². The van der Waals surface area contributed by atoms with Gasteiger partial charge >= 0.3 is 0 Å². The van der Waals surface area contributed by atoms with E-state index in [9.17, 15) is 8.42 Å². The molecule has 0 radical (unpaired) electrons. The minimum atomic E-state index is -3.57. The molecule has 0 aliphatic carbocycles. The van der Waals surface area contributed by atoms with E-state index >= 15 is 0 Å². The van der Waals surface area contributed by atoms with E-state index in [2.05, 4.69) is 15.3 Å². The maximum Gasteiger partial charge on any atom is 0.246 e. The highest BCUT2D eigenvalue weighted by Crippen LogP contribution is 2.19. The van der Waals surface area contributed by atoms with Crippen molar-refractivity contribution in [3.8, 4) is 0 Å². The average molecular weight is 326 g/mol. The Balaban J connectivity index is 2.22. The first kappa shape index (κ1) is 15.9. The molecule has 0 bridgehead atoms. The molecule has 0 atom stereocenters. The van der Waals surface area contributed by atoms with Crippen molar-refractivity contribution in [3.05, 3.63) is 34.8 Å². The van der Waals surface area contributed by atoms with Crippen molar-refractivity contribution in [2.75, 3.05) is 18.4 Å². The highest BCUT2D eigenvalue weighted by molar-refractivity contribution is 7.89. The summed E-state index contributed by atoms with van der Waals surface area (Å²) in [5.74, 6) is 0.428. The third kappa shape index (κ3) is 3.78. The number of aromatic nitrogens is 2. The van der Waals surface area contributed by atoms with Gasteiger partial charge in [-0.2, -0.15) is 4.31 Å². The normalized spacial score (nSPS) is 11.8. The molecule has 8 heteroatoms. The van der Waals surface area contributed by atoms with Gasteiger partial charge in [0.1, 0.15) is 4.90 Å². The lowest BCUT2D eigenvalue weighted by Crippen LogP contribution is -2.30. The summed E-state index contributed by atoms with van der Waals surface area (Å²) in [7, 11) is -3.57. The molecule has 2 heterocycles. The molecule has 0 aliphatic heterocycles. The first-order valence-electron chi connectivity index (χ1n) is 6.66. The van der Waals surface area contributed by atoms with Gasteiger partial charge in [0.25, 0.3) is 0 Å². The molecule has 0 fully saturated rings. The first-order valence-corrected chi connectivity index (χ1v) is 8.98. The van der Waals surface area contributed by atoms with Crippen LogP contribution in [0.15, 0.2) is 34.8 Å². The smallest absolute Gasteiger partial charge is 0.246 e. The minimum absolute atomic E-state index is 0.113. The lowest BCUT2D eigenvalue weighted by atomic mass is 10.4. The molecule has 0 saturated carbocycles. The summed E-state index contributed by atoms with van der Waals surface area (Å²) in [6.45, 7) is 5.19. The molecular weight excluding hydrogens is 308 g/mol. The molecule has 0 unspecified atom stereocenters. The van der Waals surface area contributed by atoms with Crippen molar-refractivity contribution >= 4 is 27.3 Å². The number of sulfonamides is 1. The van der Waals surface area contributed by atoms with E-state index in [1.807, 2.05) is 31.4 Å². The van der Waals surface area contributed by atoms with E-state index in [1.165, 1.54) is 28.0 Å². The number of nitrogens with one attached hydrogen (secondary N) is 1. The molecule has 6 nitrogen and oxygen atoms in total. The number of nitrogens with zero attached hydrogens (tertiary/aromatic N) is 3. The van der Waals surface area contributed by atoms with Crippen LogP contribution in [0.3, 0.4) is 0 Å². The van der Waals surface area contributed by atoms with Gasteiger partial charge in [-0.25, -0.2) is 18.4 Å². The van der Waals surface area contributed by atoms with Crippen LogP contribution in [0, 0.1) is 0 Å². The van der Waals surface area contributed by atoms with Crippen LogP contribution >= 0.6 is 11.3 Å². The topological polar surface area (TPSA) is 75.2 Å². The minimum Gasteiger partial charge on any atom is -0.355 e. The van der Waals surface area contributed by atoms with Gasteiger partial charge in [0, 0.05) is 24.5 Å². The molecule has 1 N–H and O–H groups in total. The van der Waals surface area contributed by atoms with Crippen molar-refractivity contribution in [1.82, 2.24) is 14.3 Å². The Bertz CT molecular complexity index is 654. The second-order valence-corrected chi connectivity index (χ2v) is 7.25. The van der Waals surface area contributed by atoms with Gasteiger partial charge in [-0.05, 0) is 18.4 Å². The Hall–Kier alpha value is -1.51. The summed E-state index contributed by atoms with van der Waals surface area (Å²) in [5.41, 5.74) is 0. The second-order valence-electron chi connectivity index (χ2n) is 4.28. The molecular formula is C13H18N4O2S2. The first-order chi connectivity index (χ1) is 10.1. The van der Waals surface area contributed by atoms with Gasteiger partial charge in [0.05, 0.1) is 12.4 Å². The van der Waals surface area contributed by atoms with Gasteiger partial charge < -0.3 is 5.32 Å². The Morgan fingerprint density at radius 3 is 2.52 bits per heavy atom. The predicted octanol–water partition coefficient (Wildman–Crippen LogP) is 2.18.